The Morgan fingerprint density at radius 1 is 1.00 bits per heavy atom. The Labute approximate surface area is 132 Å². The molecule has 1 amide bonds. The van der Waals surface area contributed by atoms with Gasteiger partial charge in [0.15, 0.2) is 0 Å². The van der Waals surface area contributed by atoms with E-state index in [9.17, 15) is 4.79 Å². The van der Waals surface area contributed by atoms with Crippen molar-refractivity contribution in [2.75, 3.05) is 59.4 Å². The Bertz CT molecular complexity index is 568. The number of rotatable bonds is 3. The van der Waals surface area contributed by atoms with Gasteiger partial charge in [-0.15, -0.1) is 0 Å². The molecule has 3 aliphatic heterocycles. The van der Waals surface area contributed by atoms with E-state index in [0.717, 1.165) is 57.9 Å². The van der Waals surface area contributed by atoms with E-state index in [1.165, 1.54) is 5.56 Å². The number of carbonyl (C=O) groups excluding carboxylic acids is 1. The highest BCUT2D eigenvalue weighted by Crippen LogP contribution is 2.38. The van der Waals surface area contributed by atoms with E-state index in [1.54, 1.807) is 0 Å². The van der Waals surface area contributed by atoms with Crippen LogP contribution < -0.4 is 0 Å². The number of likely N-dealkylation sites (N-methyl/N-ethyl adjacent to an activating group) is 1. The summed E-state index contributed by atoms with van der Waals surface area (Å²) < 4.78 is 0. The molecule has 1 aromatic rings. The Balaban J connectivity index is 1.43. The van der Waals surface area contributed by atoms with Crippen molar-refractivity contribution in [3.63, 3.8) is 0 Å². The van der Waals surface area contributed by atoms with E-state index < -0.39 is 0 Å². The largest absolute Gasteiger partial charge is 0.317 e. The molecule has 0 aliphatic carbocycles. The minimum atomic E-state index is 0.177. The van der Waals surface area contributed by atoms with Gasteiger partial charge in [0.05, 0.1) is 0 Å². The Kier molecular flexibility index (Phi) is 3.64. The molecule has 1 atom stereocenters. The smallest absolute Gasteiger partial charge is 0.255 e. The Morgan fingerprint density at radius 3 is 2.59 bits per heavy atom. The fraction of sp³-hybridized carbons (Fsp3) is 0.588. The zero-order chi connectivity index (χ0) is 15.1. The van der Waals surface area contributed by atoms with E-state index in [0.29, 0.717) is 0 Å². The number of benzene rings is 1. The summed E-state index contributed by atoms with van der Waals surface area (Å²) in [6.07, 6.45) is 0.177. The highest BCUT2D eigenvalue weighted by atomic mass is 16.2. The first-order chi connectivity index (χ1) is 10.7. The first-order valence-electron chi connectivity index (χ1n) is 8.29. The van der Waals surface area contributed by atoms with Crippen molar-refractivity contribution in [1.82, 2.24) is 19.6 Å². The van der Waals surface area contributed by atoms with Crippen LogP contribution in [0, 0.1) is 0 Å². The average Bonchev–Trinajstić information content (AvgIpc) is 3.08. The molecule has 4 rings (SSSR count). The van der Waals surface area contributed by atoms with E-state index in [1.807, 2.05) is 23.1 Å². The van der Waals surface area contributed by atoms with Gasteiger partial charge < -0.3 is 9.80 Å². The molecule has 0 radical (unpaired) electrons. The monoisotopic (exact) mass is 300 g/mol. The number of hydrogen-bond acceptors (Lipinski definition) is 4. The van der Waals surface area contributed by atoms with Gasteiger partial charge in [-0.1, -0.05) is 18.2 Å². The van der Waals surface area contributed by atoms with Crippen LogP contribution in [0.4, 0.5) is 0 Å². The van der Waals surface area contributed by atoms with Gasteiger partial charge in [0.2, 0.25) is 0 Å². The SMILES string of the molecule is CN1CCN(CCN2CCN3C(=O)c4ccccc4C23)CC1. The molecule has 0 aromatic heterocycles. The lowest BCUT2D eigenvalue weighted by atomic mass is 10.1. The van der Waals surface area contributed by atoms with Gasteiger partial charge in [-0.2, -0.15) is 0 Å². The van der Waals surface area contributed by atoms with Crippen LogP contribution in [0.5, 0.6) is 0 Å². The fourth-order valence-electron chi connectivity index (χ4n) is 3.90. The lowest BCUT2D eigenvalue weighted by Crippen LogP contribution is -2.47. The molecule has 0 bridgehead atoms. The number of piperazine rings is 1. The molecule has 118 valence electrons. The third-order valence-electron chi connectivity index (χ3n) is 5.30. The van der Waals surface area contributed by atoms with Gasteiger partial charge in [0.25, 0.3) is 5.91 Å². The summed E-state index contributed by atoms with van der Waals surface area (Å²) in [6.45, 7) is 8.66. The number of fused-ring (bicyclic) bond motifs is 3. The molecular formula is C17H24N4O. The highest BCUT2D eigenvalue weighted by molar-refractivity contribution is 5.99. The van der Waals surface area contributed by atoms with Gasteiger partial charge in [0.1, 0.15) is 6.17 Å². The van der Waals surface area contributed by atoms with Crippen LogP contribution in [-0.4, -0.2) is 84.9 Å². The standard InChI is InChI=1S/C17H24N4O/c1-18-6-8-19(9-7-18)10-11-20-12-13-21-16(20)14-4-2-3-5-15(14)17(21)22/h2-5,16H,6-13H2,1H3. The van der Waals surface area contributed by atoms with E-state index in [4.69, 9.17) is 0 Å². The van der Waals surface area contributed by atoms with E-state index in [-0.39, 0.29) is 12.1 Å². The van der Waals surface area contributed by atoms with Crippen molar-refractivity contribution in [2.24, 2.45) is 0 Å². The van der Waals surface area contributed by atoms with E-state index >= 15 is 0 Å². The molecule has 0 saturated carbocycles. The normalized spacial score (nSPS) is 26.5. The average molecular weight is 300 g/mol. The summed E-state index contributed by atoms with van der Waals surface area (Å²) in [5.41, 5.74) is 2.10. The maximum Gasteiger partial charge on any atom is 0.255 e. The molecular weight excluding hydrogens is 276 g/mol. The number of nitrogens with zero attached hydrogens (tertiary/aromatic N) is 4. The van der Waals surface area contributed by atoms with Gasteiger partial charge >= 0.3 is 0 Å². The molecule has 1 unspecified atom stereocenters. The first-order valence-corrected chi connectivity index (χ1v) is 8.29. The summed E-state index contributed by atoms with van der Waals surface area (Å²) in [4.78, 5) is 21.9. The molecule has 5 heteroatoms. The van der Waals surface area contributed by atoms with Gasteiger partial charge in [-0.25, -0.2) is 0 Å². The van der Waals surface area contributed by atoms with Gasteiger partial charge in [-0.05, 0) is 13.1 Å². The second-order valence-electron chi connectivity index (χ2n) is 6.64. The van der Waals surface area contributed by atoms with Crippen molar-refractivity contribution in [3.8, 4) is 0 Å². The molecule has 2 saturated heterocycles. The van der Waals surface area contributed by atoms with Crippen LogP contribution in [-0.2, 0) is 0 Å². The first kappa shape index (κ1) is 14.2. The summed E-state index contributed by atoms with van der Waals surface area (Å²) in [7, 11) is 2.19. The fourth-order valence-corrected chi connectivity index (χ4v) is 3.90. The molecule has 0 N–H and O–H groups in total. The predicted octanol–water partition coefficient (Wildman–Crippen LogP) is 0.704. The molecule has 3 aliphatic rings. The molecule has 3 heterocycles. The molecule has 5 nitrogen and oxygen atoms in total. The van der Waals surface area contributed by atoms with Crippen molar-refractivity contribution in [1.29, 1.82) is 0 Å². The number of carbonyl (C=O) groups is 1. The van der Waals surface area contributed by atoms with Crippen molar-refractivity contribution in [2.45, 2.75) is 6.17 Å². The van der Waals surface area contributed by atoms with Crippen molar-refractivity contribution in [3.05, 3.63) is 35.4 Å². The maximum absolute atomic E-state index is 12.4. The van der Waals surface area contributed by atoms with Crippen LogP contribution in [0.1, 0.15) is 22.1 Å². The number of amides is 1. The van der Waals surface area contributed by atoms with Crippen LogP contribution in [0.25, 0.3) is 0 Å². The van der Waals surface area contributed by atoms with Crippen LogP contribution in [0.15, 0.2) is 24.3 Å². The van der Waals surface area contributed by atoms with Crippen LogP contribution in [0.2, 0.25) is 0 Å². The quantitative estimate of drug-likeness (QED) is 0.822. The maximum atomic E-state index is 12.4. The van der Waals surface area contributed by atoms with Gasteiger partial charge in [0, 0.05) is 63.5 Å². The van der Waals surface area contributed by atoms with E-state index in [2.05, 4.69) is 27.8 Å². The third-order valence-corrected chi connectivity index (χ3v) is 5.30. The molecule has 0 spiro atoms. The summed E-state index contributed by atoms with van der Waals surface area (Å²) >= 11 is 0. The predicted molar refractivity (Wildman–Crippen MR) is 85.7 cm³/mol. The van der Waals surface area contributed by atoms with Crippen molar-refractivity contribution < 1.29 is 4.79 Å². The molecule has 2 fully saturated rings. The Morgan fingerprint density at radius 2 is 1.77 bits per heavy atom. The third kappa shape index (κ3) is 2.33. The molecule has 1 aromatic carbocycles. The lowest BCUT2D eigenvalue weighted by Gasteiger charge is -2.34. The Hall–Kier alpha value is -1.43. The highest BCUT2D eigenvalue weighted by Gasteiger charge is 2.43. The summed E-state index contributed by atoms with van der Waals surface area (Å²) in [6, 6.07) is 8.10. The second kappa shape index (κ2) is 5.65. The zero-order valence-corrected chi connectivity index (χ0v) is 13.2. The lowest BCUT2D eigenvalue weighted by molar-refractivity contribution is 0.0677. The topological polar surface area (TPSA) is 30.0 Å². The van der Waals surface area contributed by atoms with Crippen LogP contribution >= 0.6 is 0 Å². The van der Waals surface area contributed by atoms with Crippen LogP contribution in [0.3, 0.4) is 0 Å². The summed E-state index contributed by atoms with van der Waals surface area (Å²) in [5.74, 6) is 0.211. The van der Waals surface area contributed by atoms with Gasteiger partial charge in [-0.3, -0.25) is 14.6 Å². The molecule has 22 heavy (non-hydrogen) atoms. The minimum Gasteiger partial charge on any atom is -0.317 e. The second-order valence-corrected chi connectivity index (χ2v) is 6.64. The minimum absolute atomic E-state index is 0.177. The summed E-state index contributed by atoms with van der Waals surface area (Å²) in [5, 5.41) is 0. The van der Waals surface area contributed by atoms with Crippen molar-refractivity contribution >= 4 is 5.91 Å². The number of hydrogen-bond donors (Lipinski definition) is 0. The zero-order valence-electron chi connectivity index (χ0n) is 13.2.